The number of nitrogens with one attached hydrogen (secondary N) is 1. The standard InChI is InChI=1S/C20H25N5O2/c1-24(2)20-22-18(23-27-20)6-3-14-8-11-25(12-9-14)19(26)16-5-4-15-7-10-21-17(15)13-16/h4-5,7,10,13-14,21H,3,6,8-9,11-12H2,1-2H3. The molecule has 1 N–H and O–H groups in total. The molecule has 0 saturated carbocycles. The summed E-state index contributed by atoms with van der Waals surface area (Å²) in [6.45, 7) is 1.61. The van der Waals surface area contributed by atoms with E-state index < -0.39 is 0 Å². The van der Waals surface area contributed by atoms with Crippen LogP contribution in [0.15, 0.2) is 35.0 Å². The molecule has 1 fully saturated rings. The lowest BCUT2D eigenvalue weighted by Gasteiger charge is -2.32. The SMILES string of the molecule is CN(C)c1nc(CCC2CCN(C(=O)c3ccc4cc[nH]c4c3)CC2)no1. The number of carbonyl (C=O) groups excluding carboxylic acids is 1. The molecule has 2 aromatic heterocycles. The lowest BCUT2D eigenvalue weighted by atomic mass is 9.91. The predicted molar refractivity (Wildman–Crippen MR) is 104 cm³/mol. The fraction of sp³-hybridized carbons (Fsp3) is 0.450. The molecule has 0 unspecified atom stereocenters. The van der Waals surface area contributed by atoms with Gasteiger partial charge in [0.05, 0.1) is 0 Å². The number of carbonyl (C=O) groups is 1. The van der Waals surface area contributed by atoms with Gasteiger partial charge in [0.25, 0.3) is 5.91 Å². The van der Waals surface area contributed by atoms with Gasteiger partial charge in [-0.15, -0.1) is 0 Å². The molecule has 142 valence electrons. The molecule has 0 atom stereocenters. The molecule has 1 saturated heterocycles. The number of benzene rings is 1. The zero-order valence-corrected chi connectivity index (χ0v) is 15.8. The van der Waals surface area contributed by atoms with Crippen LogP contribution in [-0.2, 0) is 6.42 Å². The number of nitrogens with zero attached hydrogens (tertiary/aromatic N) is 4. The third kappa shape index (κ3) is 3.82. The van der Waals surface area contributed by atoms with Crippen molar-refractivity contribution in [1.82, 2.24) is 20.0 Å². The lowest BCUT2D eigenvalue weighted by Crippen LogP contribution is -2.38. The van der Waals surface area contributed by atoms with Crippen molar-refractivity contribution in [3.63, 3.8) is 0 Å². The Bertz CT molecular complexity index is 921. The highest BCUT2D eigenvalue weighted by atomic mass is 16.5. The number of aromatic nitrogens is 3. The normalized spacial score (nSPS) is 15.4. The molecular formula is C20H25N5O2. The largest absolute Gasteiger partial charge is 0.361 e. The summed E-state index contributed by atoms with van der Waals surface area (Å²) in [6, 6.07) is 8.43. The summed E-state index contributed by atoms with van der Waals surface area (Å²) in [6.07, 6.45) is 5.79. The first kappa shape index (κ1) is 17.6. The highest BCUT2D eigenvalue weighted by molar-refractivity contribution is 5.97. The minimum absolute atomic E-state index is 0.124. The van der Waals surface area contributed by atoms with Crippen LogP contribution in [0.5, 0.6) is 0 Å². The molecule has 1 aromatic carbocycles. The Balaban J connectivity index is 1.29. The molecule has 3 aromatic rings. The third-order valence-corrected chi connectivity index (χ3v) is 5.32. The van der Waals surface area contributed by atoms with E-state index in [1.165, 1.54) is 0 Å². The Labute approximate surface area is 158 Å². The second-order valence-corrected chi connectivity index (χ2v) is 7.44. The van der Waals surface area contributed by atoms with Crippen LogP contribution in [0.3, 0.4) is 0 Å². The Morgan fingerprint density at radius 3 is 2.85 bits per heavy atom. The molecule has 1 aliphatic heterocycles. The van der Waals surface area contributed by atoms with Gasteiger partial charge < -0.3 is 19.3 Å². The van der Waals surface area contributed by atoms with Crippen molar-refractivity contribution in [3.8, 4) is 0 Å². The van der Waals surface area contributed by atoms with Crippen molar-refractivity contribution in [3.05, 3.63) is 41.9 Å². The third-order valence-electron chi connectivity index (χ3n) is 5.32. The van der Waals surface area contributed by atoms with Crippen LogP contribution in [0.1, 0.15) is 35.4 Å². The monoisotopic (exact) mass is 367 g/mol. The minimum atomic E-state index is 0.124. The van der Waals surface area contributed by atoms with E-state index in [1.807, 2.05) is 54.4 Å². The molecule has 0 aliphatic carbocycles. The number of amides is 1. The second-order valence-electron chi connectivity index (χ2n) is 7.44. The van der Waals surface area contributed by atoms with Gasteiger partial charge in [0.15, 0.2) is 5.82 Å². The maximum absolute atomic E-state index is 12.8. The molecule has 3 heterocycles. The fourth-order valence-electron chi connectivity index (χ4n) is 3.65. The van der Waals surface area contributed by atoms with Gasteiger partial charge in [-0.05, 0) is 48.8 Å². The van der Waals surface area contributed by atoms with Crippen molar-refractivity contribution in [2.24, 2.45) is 5.92 Å². The molecule has 7 heteroatoms. The fourth-order valence-corrected chi connectivity index (χ4v) is 3.65. The van der Waals surface area contributed by atoms with Crippen molar-refractivity contribution < 1.29 is 9.32 Å². The van der Waals surface area contributed by atoms with E-state index in [0.717, 1.165) is 61.1 Å². The zero-order chi connectivity index (χ0) is 18.8. The van der Waals surface area contributed by atoms with E-state index in [4.69, 9.17) is 4.52 Å². The summed E-state index contributed by atoms with van der Waals surface area (Å²) in [7, 11) is 3.77. The molecule has 7 nitrogen and oxygen atoms in total. The molecule has 0 spiro atoms. The highest BCUT2D eigenvalue weighted by Gasteiger charge is 2.24. The number of hydrogen-bond donors (Lipinski definition) is 1. The predicted octanol–water partition coefficient (Wildman–Crippen LogP) is 3.10. The molecule has 0 radical (unpaired) electrons. The van der Waals surface area contributed by atoms with Crippen LogP contribution < -0.4 is 4.90 Å². The van der Waals surface area contributed by atoms with Crippen LogP contribution in [0.4, 0.5) is 6.01 Å². The summed E-state index contributed by atoms with van der Waals surface area (Å²) in [5.41, 5.74) is 1.76. The average Bonchev–Trinajstić information content (AvgIpc) is 3.35. The summed E-state index contributed by atoms with van der Waals surface area (Å²) in [5.74, 6) is 1.48. The highest BCUT2D eigenvalue weighted by Crippen LogP contribution is 2.24. The molecule has 4 rings (SSSR count). The van der Waals surface area contributed by atoms with Crippen LogP contribution in [0, 0.1) is 5.92 Å². The lowest BCUT2D eigenvalue weighted by molar-refractivity contribution is 0.0687. The van der Waals surface area contributed by atoms with Crippen molar-refractivity contribution >= 4 is 22.8 Å². The van der Waals surface area contributed by atoms with E-state index in [2.05, 4.69) is 15.1 Å². The van der Waals surface area contributed by atoms with Gasteiger partial charge in [-0.25, -0.2) is 0 Å². The zero-order valence-electron chi connectivity index (χ0n) is 15.8. The molecular weight excluding hydrogens is 342 g/mol. The number of H-pyrrole nitrogens is 1. The minimum Gasteiger partial charge on any atom is -0.361 e. The number of likely N-dealkylation sites (tertiary alicyclic amines) is 1. The van der Waals surface area contributed by atoms with Gasteiger partial charge in [0.2, 0.25) is 0 Å². The molecule has 27 heavy (non-hydrogen) atoms. The van der Waals surface area contributed by atoms with Crippen LogP contribution in [0.2, 0.25) is 0 Å². The first-order valence-corrected chi connectivity index (χ1v) is 9.46. The van der Waals surface area contributed by atoms with E-state index in [9.17, 15) is 4.79 Å². The summed E-state index contributed by atoms with van der Waals surface area (Å²) in [4.78, 5) is 24.1. The Morgan fingerprint density at radius 1 is 1.30 bits per heavy atom. The Morgan fingerprint density at radius 2 is 2.11 bits per heavy atom. The first-order valence-electron chi connectivity index (χ1n) is 9.46. The van der Waals surface area contributed by atoms with E-state index >= 15 is 0 Å². The summed E-state index contributed by atoms with van der Waals surface area (Å²) >= 11 is 0. The molecule has 0 bridgehead atoms. The van der Waals surface area contributed by atoms with Gasteiger partial charge in [-0.2, -0.15) is 4.98 Å². The quantitative estimate of drug-likeness (QED) is 0.750. The maximum atomic E-state index is 12.8. The first-order chi connectivity index (χ1) is 13.1. The summed E-state index contributed by atoms with van der Waals surface area (Å²) in [5, 5.41) is 5.16. The van der Waals surface area contributed by atoms with Gasteiger partial charge in [-0.3, -0.25) is 4.79 Å². The van der Waals surface area contributed by atoms with Gasteiger partial charge >= 0.3 is 6.01 Å². The van der Waals surface area contributed by atoms with E-state index in [1.54, 1.807) is 0 Å². The van der Waals surface area contributed by atoms with Gasteiger partial charge in [0, 0.05) is 50.9 Å². The van der Waals surface area contributed by atoms with E-state index in [0.29, 0.717) is 11.9 Å². The van der Waals surface area contributed by atoms with Crippen molar-refractivity contribution in [2.45, 2.75) is 25.7 Å². The number of aromatic amines is 1. The Kier molecular flexibility index (Phi) is 4.83. The molecule has 1 aliphatic rings. The second kappa shape index (κ2) is 7.42. The summed E-state index contributed by atoms with van der Waals surface area (Å²) < 4.78 is 5.20. The van der Waals surface area contributed by atoms with Crippen molar-refractivity contribution in [2.75, 3.05) is 32.1 Å². The number of piperidine rings is 1. The van der Waals surface area contributed by atoms with Crippen LogP contribution >= 0.6 is 0 Å². The number of hydrogen-bond acceptors (Lipinski definition) is 5. The Hall–Kier alpha value is -2.83. The van der Waals surface area contributed by atoms with E-state index in [-0.39, 0.29) is 5.91 Å². The molecule has 1 amide bonds. The van der Waals surface area contributed by atoms with Gasteiger partial charge in [-0.1, -0.05) is 11.2 Å². The van der Waals surface area contributed by atoms with Gasteiger partial charge in [0.1, 0.15) is 0 Å². The number of fused-ring (bicyclic) bond motifs is 1. The number of aryl methyl sites for hydroxylation is 1. The van der Waals surface area contributed by atoms with Crippen molar-refractivity contribution in [1.29, 1.82) is 0 Å². The smallest absolute Gasteiger partial charge is 0.323 e. The maximum Gasteiger partial charge on any atom is 0.323 e. The average molecular weight is 367 g/mol. The number of rotatable bonds is 5. The number of anilines is 1. The topological polar surface area (TPSA) is 78.3 Å². The van der Waals surface area contributed by atoms with Crippen LogP contribution in [0.25, 0.3) is 10.9 Å². The van der Waals surface area contributed by atoms with Crippen LogP contribution in [-0.4, -0.2) is 53.1 Å².